The first-order chi connectivity index (χ1) is 12.7. The second-order valence-electron chi connectivity index (χ2n) is 6.76. The molecule has 1 aliphatic rings. The van der Waals surface area contributed by atoms with Crippen LogP contribution in [-0.2, 0) is 19.5 Å². The van der Waals surface area contributed by atoms with E-state index in [1.807, 2.05) is 42.5 Å². The molecule has 26 heavy (non-hydrogen) atoms. The lowest BCUT2D eigenvalue weighted by Crippen LogP contribution is -2.30. The normalized spacial score (nSPS) is 13.5. The number of aryl methyl sites for hydroxylation is 1. The van der Waals surface area contributed by atoms with Crippen LogP contribution < -0.4 is 10.5 Å². The summed E-state index contributed by atoms with van der Waals surface area (Å²) < 4.78 is 1.55. The van der Waals surface area contributed by atoms with Crippen molar-refractivity contribution in [2.24, 2.45) is 0 Å². The van der Waals surface area contributed by atoms with Crippen molar-refractivity contribution >= 4 is 5.69 Å². The third kappa shape index (κ3) is 3.23. The topological polar surface area (TPSA) is 45.5 Å². The summed E-state index contributed by atoms with van der Waals surface area (Å²) in [6.45, 7) is 1.94. The van der Waals surface area contributed by atoms with E-state index in [1.54, 1.807) is 10.8 Å². The van der Waals surface area contributed by atoms with Crippen LogP contribution in [0.1, 0.15) is 23.1 Å². The molecule has 0 radical (unpaired) electrons. The third-order valence-electron chi connectivity index (χ3n) is 4.99. The Bertz CT molecular complexity index is 963. The van der Waals surface area contributed by atoms with Crippen LogP contribution in [0, 0.1) is 0 Å². The van der Waals surface area contributed by atoms with Crippen LogP contribution in [0.4, 0.5) is 5.69 Å². The highest BCUT2D eigenvalue weighted by Gasteiger charge is 2.18. The highest BCUT2D eigenvalue weighted by Crippen LogP contribution is 2.29. The summed E-state index contributed by atoms with van der Waals surface area (Å²) in [5, 5.41) is 10.5. The summed E-state index contributed by atoms with van der Waals surface area (Å²) in [6.07, 6.45) is 3.94. The molecular weight excluding hydrogens is 324 g/mol. The molecule has 0 aliphatic carbocycles. The van der Waals surface area contributed by atoms with Gasteiger partial charge in [-0.2, -0.15) is 0 Å². The van der Waals surface area contributed by atoms with Gasteiger partial charge in [-0.25, -0.2) is 0 Å². The van der Waals surface area contributed by atoms with Crippen molar-refractivity contribution in [2.45, 2.75) is 25.9 Å². The number of aromatic nitrogens is 1. The third-order valence-corrected chi connectivity index (χ3v) is 4.99. The minimum absolute atomic E-state index is 0.147. The van der Waals surface area contributed by atoms with Gasteiger partial charge >= 0.3 is 0 Å². The summed E-state index contributed by atoms with van der Waals surface area (Å²) in [7, 11) is 0. The molecule has 0 bridgehead atoms. The number of hydrogen-bond acceptors (Lipinski definition) is 3. The zero-order valence-electron chi connectivity index (χ0n) is 14.6. The Labute approximate surface area is 153 Å². The molecule has 132 valence electrons. The van der Waals surface area contributed by atoms with E-state index in [4.69, 9.17) is 0 Å². The zero-order valence-corrected chi connectivity index (χ0v) is 14.6. The number of rotatable bonds is 4. The zero-order chi connectivity index (χ0) is 17.9. The fourth-order valence-corrected chi connectivity index (χ4v) is 3.61. The van der Waals surface area contributed by atoms with Gasteiger partial charge in [-0.15, -0.1) is 0 Å². The highest BCUT2D eigenvalue weighted by molar-refractivity contribution is 5.56. The van der Waals surface area contributed by atoms with E-state index in [2.05, 4.69) is 23.1 Å². The minimum atomic E-state index is -0.336. The predicted octanol–water partition coefficient (Wildman–Crippen LogP) is 3.56. The maximum atomic E-state index is 12.6. The van der Waals surface area contributed by atoms with Crippen LogP contribution in [0.25, 0.3) is 0 Å². The number of hydrogen-bond donors (Lipinski definition) is 1. The van der Waals surface area contributed by atoms with E-state index in [9.17, 15) is 9.90 Å². The Morgan fingerprint density at radius 3 is 2.54 bits per heavy atom. The number of aromatic hydroxyl groups is 1. The van der Waals surface area contributed by atoms with Gasteiger partial charge in [0.05, 0.1) is 6.54 Å². The molecule has 4 heteroatoms. The fourth-order valence-electron chi connectivity index (χ4n) is 3.61. The van der Waals surface area contributed by atoms with Crippen molar-refractivity contribution in [3.63, 3.8) is 0 Å². The maximum absolute atomic E-state index is 12.6. The number of pyridine rings is 1. The molecule has 1 aromatic heterocycles. The van der Waals surface area contributed by atoms with Crippen molar-refractivity contribution in [1.82, 2.24) is 4.57 Å². The number of nitrogens with zero attached hydrogens (tertiary/aromatic N) is 2. The molecule has 0 unspecified atom stereocenters. The summed E-state index contributed by atoms with van der Waals surface area (Å²) in [4.78, 5) is 14.8. The second kappa shape index (κ2) is 7.08. The van der Waals surface area contributed by atoms with Gasteiger partial charge in [0.25, 0.3) is 5.56 Å². The fraction of sp³-hybridized carbons (Fsp3) is 0.227. The first kappa shape index (κ1) is 16.5. The summed E-state index contributed by atoms with van der Waals surface area (Å²) in [5.74, 6) is -0.147. The number of fused-ring (bicyclic) bond motifs is 1. The van der Waals surface area contributed by atoms with E-state index in [1.165, 1.54) is 11.3 Å². The highest BCUT2D eigenvalue weighted by atomic mass is 16.3. The number of para-hydroxylation sites is 1. The van der Waals surface area contributed by atoms with Crippen molar-refractivity contribution in [1.29, 1.82) is 0 Å². The molecular formula is C22H22N2O2. The maximum Gasteiger partial charge on any atom is 0.293 e. The van der Waals surface area contributed by atoms with Crippen LogP contribution in [0.2, 0.25) is 0 Å². The smallest absolute Gasteiger partial charge is 0.293 e. The van der Waals surface area contributed by atoms with Gasteiger partial charge in [-0.3, -0.25) is 4.79 Å². The van der Waals surface area contributed by atoms with Crippen molar-refractivity contribution in [2.75, 3.05) is 11.4 Å². The van der Waals surface area contributed by atoms with Crippen LogP contribution in [-0.4, -0.2) is 16.2 Å². The first-order valence-corrected chi connectivity index (χ1v) is 9.00. The lowest BCUT2D eigenvalue weighted by Gasteiger charge is -2.31. The molecule has 2 aromatic carbocycles. The molecule has 1 N–H and O–H groups in total. The molecule has 0 amide bonds. The van der Waals surface area contributed by atoms with Gasteiger partial charge in [0, 0.05) is 30.5 Å². The van der Waals surface area contributed by atoms with Gasteiger partial charge < -0.3 is 14.6 Å². The van der Waals surface area contributed by atoms with Crippen molar-refractivity contribution in [3.05, 3.63) is 93.9 Å². The van der Waals surface area contributed by atoms with E-state index < -0.39 is 0 Å². The van der Waals surface area contributed by atoms with Crippen LogP contribution in [0.3, 0.4) is 0 Å². The van der Waals surface area contributed by atoms with E-state index in [0.29, 0.717) is 18.7 Å². The van der Waals surface area contributed by atoms with Gasteiger partial charge in [-0.05, 0) is 36.1 Å². The van der Waals surface area contributed by atoms with Crippen LogP contribution >= 0.6 is 0 Å². The summed E-state index contributed by atoms with van der Waals surface area (Å²) in [5.41, 5.74) is 3.90. The molecule has 4 nitrogen and oxygen atoms in total. The Balaban J connectivity index is 1.59. The lowest BCUT2D eigenvalue weighted by molar-refractivity contribution is 0.450. The minimum Gasteiger partial charge on any atom is -0.503 e. The molecule has 2 heterocycles. The van der Waals surface area contributed by atoms with E-state index in [-0.39, 0.29) is 11.3 Å². The SMILES string of the molecule is O=c1c(O)c(CN2CCCc3ccccc32)ccn1Cc1ccccc1. The predicted molar refractivity (Wildman–Crippen MR) is 104 cm³/mol. The number of anilines is 1. The van der Waals surface area contributed by atoms with E-state index >= 15 is 0 Å². The van der Waals surface area contributed by atoms with Gasteiger partial charge in [-0.1, -0.05) is 48.5 Å². The van der Waals surface area contributed by atoms with Crippen LogP contribution in [0.5, 0.6) is 5.75 Å². The molecule has 0 atom stereocenters. The largest absolute Gasteiger partial charge is 0.503 e. The quantitative estimate of drug-likeness (QED) is 0.786. The average molecular weight is 346 g/mol. The van der Waals surface area contributed by atoms with E-state index in [0.717, 1.165) is 24.9 Å². The molecule has 1 aliphatic heterocycles. The Kier molecular flexibility index (Phi) is 4.48. The molecule has 0 saturated carbocycles. The molecule has 0 spiro atoms. The Hall–Kier alpha value is -3.01. The van der Waals surface area contributed by atoms with Crippen molar-refractivity contribution in [3.8, 4) is 5.75 Å². The first-order valence-electron chi connectivity index (χ1n) is 9.00. The molecule has 0 saturated heterocycles. The van der Waals surface area contributed by atoms with Gasteiger partial charge in [0.1, 0.15) is 0 Å². The van der Waals surface area contributed by atoms with Crippen LogP contribution in [0.15, 0.2) is 71.7 Å². The number of benzene rings is 2. The second-order valence-corrected chi connectivity index (χ2v) is 6.76. The standard InChI is InChI=1S/C22H22N2O2/c25-21-19(16-23-13-6-10-18-9-4-5-11-20(18)23)12-14-24(22(21)26)15-17-7-2-1-3-8-17/h1-5,7-9,11-12,14,25H,6,10,13,15-16H2. The lowest BCUT2D eigenvalue weighted by atomic mass is 10.0. The Morgan fingerprint density at radius 1 is 0.923 bits per heavy atom. The molecule has 3 aromatic rings. The summed E-state index contributed by atoms with van der Waals surface area (Å²) in [6, 6.07) is 20.0. The molecule has 0 fully saturated rings. The summed E-state index contributed by atoms with van der Waals surface area (Å²) >= 11 is 0. The van der Waals surface area contributed by atoms with Crippen molar-refractivity contribution < 1.29 is 5.11 Å². The average Bonchev–Trinajstić information content (AvgIpc) is 2.69. The molecule has 4 rings (SSSR count). The Morgan fingerprint density at radius 2 is 1.69 bits per heavy atom. The van der Waals surface area contributed by atoms with Gasteiger partial charge in [0.15, 0.2) is 5.75 Å². The van der Waals surface area contributed by atoms with Gasteiger partial charge in [0.2, 0.25) is 0 Å². The monoisotopic (exact) mass is 346 g/mol.